The molecule has 0 amide bonds. The van der Waals surface area contributed by atoms with E-state index in [4.69, 9.17) is 9.47 Å². The Hall–Kier alpha value is -1.11. The summed E-state index contributed by atoms with van der Waals surface area (Å²) in [5, 5.41) is 0. The maximum Gasteiger partial charge on any atom is 0.308 e. The fourth-order valence-corrected chi connectivity index (χ4v) is 1.33. The zero-order valence-corrected chi connectivity index (χ0v) is 10.3. The van der Waals surface area contributed by atoms with Crippen molar-refractivity contribution < 1.29 is 19.1 Å². The van der Waals surface area contributed by atoms with Gasteiger partial charge in [-0.2, -0.15) is 0 Å². The minimum atomic E-state index is -0.485. The van der Waals surface area contributed by atoms with Crippen LogP contribution in [0.5, 0.6) is 11.5 Å². The van der Waals surface area contributed by atoms with Crippen LogP contribution in [0, 0.1) is 9.64 Å². The van der Waals surface area contributed by atoms with E-state index < -0.39 is 11.9 Å². The molecule has 0 aromatic heterocycles. The van der Waals surface area contributed by atoms with Gasteiger partial charge in [-0.3, -0.25) is 9.59 Å². The third-order valence-electron chi connectivity index (χ3n) is 1.33. The van der Waals surface area contributed by atoms with E-state index in [0.717, 1.165) is 3.57 Å². The second kappa shape index (κ2) is 5.11. The van der Waals surface area contributed by atoms with Crippen molar-refractivity contribution in [2.75, 3.05) is 0 Å². The van der Waals surface area contributed by atoms with E-state index >= 15 is 0 Å². The molecule has 5 heteroatoms. The molecular weight excluding hydrogens is 311 g/mol. The highest BCUT2D eigenvalue weighted by Gasteiger charge is 2.10. The largest absolute Gasteiger partial charge is 0.423 e. The van der Waals surface area contributed by atoms with Crippen LogP contribution in [0.25, 0.3) is 0 Å². The maximum absolute atomic E-state index is 10.8. The van der Waals surface area contributed by atoms with Crippen LogP contribution in [0.3, 0.4) is 0 Å². The van der Waals surface area contributed by atoms with Crippen molar-refractivity contribution in [3.8, 4) is 11.5 Å². The molecule has 1 aromatic rings. The fraction of sp³-hybridized carbons (Fsp3) is 0.200. The van der Waals surface area contributed by atoms with Crippen molar-refractivity contribution in [1.29, 1.82) is 0 Å². The average molecular weight is 319 g/mol. The standard InChI is InChI=1S/C10H8IO4/c1-6(12)14-9-4-3-8(11)5-10(9)15-7(2)13/h3,5H,1-2H3. The number of ether oxygens (including phenoxy) is 2. The molecule has 0 unspecified atom stereocenters. The van der Waals surface area contributed by atoms with Gasteiger partial charge in [-0.25, -0.2) is 0 Å². The second-order valence-electron chi connectivity index (χ2n) is 2.70. The fourth-order valence-electron chi connectivity index (χ4n) is 0.892. The number of hydrogen-bond acceptors (Lipinski definition) is 4. The predicted molar refractivity (Wildman–Crippen MR) is 60.6 cm³/mol. The minimum Gasteiger partial charge on any atom is -0.423 e. The summed E-state index contributed by atoms with van der Waals surface area (Å²) in [5.74, 6) is -0.637. The van der Waals surface area contributed by atoms with Gasteiger partial charge in [0.1, 0.15) is 0 Å². The molecule has 0 bridgehead atoms. The van der Waals surface area contributed by atoms with Crippen molar-refractivity contribution in [1.82, 2.24) is 0 Å². The normalized spacial score (nSPS) is 9.53. The van der Waals surface area contributed by atoms with Gasteiger partial charge in [-0.1, -0.05) is 0 Å². The topological polar surface area (TPSA) is 52.6 Å². The zero-order chi connectivity index (χ0) is 11.4. The van der Waals surface area contributed by atoms with Gasteiger partial charge in [-0.15, -0.1) is 0 Å². The van der Waals surface area contributed by atoms with Crippen molar-refractivity contribution >= 4 is 34.5 Å². The van der Waals surface area contributed by atoms with E-state index in [1.165, 1.54) is 13.8 Å². The van der Waals surface area contributed by atoms with Crippen molar-refractivity contribution in [2.45, 2.75) is 13.8 Å². The second-order valence-corrected chi connectivity index (χ2v) is 3.94. The first-order valence-electron chi connectivity index (χ1n) is 4.07. The molecule has 0 aliphatic heterocycles. The predicted octanol–water partition coefficient (Wildman–Crippen LogP) is 1.94. The summed E-state index contributed by atoms with van der Waals surface area (Å²) < 4.78 is 10.5. The minimum absolute atomic E-state index is 0.123. The van der Waals surface area contributed by atoms with Gasteiger partial charge in [0.25, 0.3) is 0 Å². The first-order valence-corrected chi connectivity index (χ1v) is 5.15. The van der Waals surface area contributed by atoms with Crippen LogP contribution in [0.15, 0.2) is 12.1 Å². The van der Waals surface area contributed by atoms with E-state index in [1.807, 2.05) is 22.6 Å². The molecule has 1 rings (SSSR count). The smallest absolute Gasteiger partial charge is 0.308 e. The van der Waals surface area contributed by atoms with Crippen molar-refractivity contribution in [3.63, 3.8) is 0 Å². The molecule has 0 heterocycles. The van der Waals surface area contributed by atoms with Crippen LogP contribution in [-0.4, -0.2) is 11.9 Å². The van der Waals surface area contributed by atoms with E-state index in [-0.39, 0.29) is 11.5 Å². The third-order valence-corrected chi connectivity index (χ3v) is 1.96. The number of esters is 2. The molecule has 1 radical (unpaired) electrons. The lowest BCUT2D eigenvalue weighted by atomic mass is 10.3. The highest BCUT2D eigenvalue weighted by Crippen LogP contribution is 2.28. The van der Waals surface area contributed by atoms with E-state index in [9.17, 15) is 9.59 Å². The average Bonchev–Trinajstić information content (AvgIpc) is 2.08. The van der Waals surface area contributed by atoms with Crippen LogP contribution in [0.4, 0.5) is 0 Å². The molecule has 0 atom stereocenters. The lowest BCUT2D eigenvalue weighted by Gasteiger charge is -2.07. The van der Waals surface area contributed by atoms with Gasteiger partial charge in [0, 0.05) is 23.5 Å². The molecule has 0 spiro atoms. The molecule has 0 saturated carbocycles. The number of carbonyl (C=O) groups excluding carboxylic acids is 2. The van der Waals surface area contributed by atoms with Crippen LogP contribution in [0.2, 0.25) is 0 Å². The lowest BCUT2D eigenvalue weighted by Crippen LogP contribution is -2.07. The van der Waals surface area contributed by atoms with Crippen molar-refractivity contribution in [2.24, 2.45) is 0 Å². The van der Waals surface area contributed by atoms with E-state index in [0.29, 0.717) is 0 Å². The lowest BCUT2D eigenvalue weighted by molar-refractivity contribution is -0.134. The van der Waals surface area contributed by atoms with Gasteiger partial charge >= 0.3 is 11.9 Å². The molecule has 1 aromatic carbocycles. The Bertz CT molecular complexity index is 400. The molecule has 0 fully saturated rings. The van der Waals surface area contributed by atoms with Crippen LogP contribution >= 0.6 is 22.6 Å². The number of halogens is 1. The number of hydrogen-bond donors (Lipinski definition) is 0. The van der Waals surface area contributed by atoms with Crippen LogP contribution in [0.1, 0.15) is 13.8 Å². The third kappa shape index (κ3) is 3.86. The molecule has 0 saturated heterocycles. The summed E-state index contributed by atoms with van der Waals surface area (Å²) in [6.07, 6.45) is 0. The van der Waals surface area contributed by atoms with Gasteiger partial charge in [0.2, 0.25) is 0 Å². The molecule has 79 valence electrons. The van der Waals surface area contributed by atoms with Crippen LogP contribution in [-0.2, 0) is 9.59 Å². The summed E-state index contributed by atoms with van der Waals surface area (Å²) in [6.45, 7) is 2.54. The summed E-state index contributed by atoms with van der Waals surface area (Å²) in [6, 6.07) is 5.94. The Labute approximate surface area is 101 Å². The molecular formula is C10H8IO4. The van der Waals surface area contributed by atoms with Gasteiger partial charge in [0.15, 0.2) is 11.5 Å². The molecule has 15 heavy (non-hydrogen) atoms. The molecule has 0 aliphatic carbocycles. The van der Waals surface area contributed by atoms with E-state index in [2.05, 4.69) is 6.07 Å². The Balaban J connectivity index is 3.02. The summed E-state index contributed by atoms with van der Waals surface area (Å²) >= 11 is 2.04. The Morgan fingerprint density at radius 1 is 1.27 bits per heavy atom. The first kappa shape index (κ1) is 12.0. The highest BCUT2D eigenvalue weighted by atomic mass is 127. The summed E-state index contributed by atoms with van der Waals surface area (Å²) in [4.78, 5) is 21.5. The first-order chi connectivity index (χ1) is 6.99. The number of carbonyl (C=O) groups is 2. The number of benzene rings is 1. The van der Waals surface area contributed by atoms with Crippen molar-refractivity contribution in [3.05, 3.63) is 21.8 Å². The number of rotatable bonds is 2. The zero-order valence-electron chi connectivity index (χ0n) is 8.17. The summed E-state index contributed by atoms with van der Waals surface area (Å²) in [7, 11) is 0. The maximum atomic E-state index is 10.8. The van der Waals surface area contributed by atoms with Gasteiger partial charge < -0.3 is 9.47 Å². The van der Waals surface area contributed by atoms with Gasteiger partial charge in [-0.05, 0) is 34.7 Å². The monoisotopic (exact) mass is 319 g/mol. The Morgan fingerprint density at radius 2 is 1.87 bits per heavy atom. The molecule has 4 nitrogen and oxygen atoms in total. The highest BCUT2D eigenvalue weighted by molar-refractivity contribution is 14.1. The Morgan fingerprint density at radius 3 is 2.40 bits per heavy atom. The van der Waals surface area contributed by atoms with Crippen LogP contribution < -0.4 is 9.47 Å². The Kier molecular flexibility index (Phi) is 4.07. The SMILES string of the molecule is CC(=O)Oc1[c]cc(I)cc1OC(C)=O. The quantitative estimate of drug-likeness (QED) is 0.475. The molecule has 0 N–H and O–H groups in total. The van der Waals surface area contributed by atoms with E-state index in [1.54, 1.807) is 12.1 Å². The van der Waals surface area contributed by atoms with Gasteiger partial charge in [0.05, 0.1) is 0 Å². The molecule has 0 aliphatic rings. The summed E-state index contributed by atoms with van der Waals surface area (Å²) in [5.41, 5.74) is 0.